The van der Waals surface area contributed by atoms with Crippen LogP contribution in [0.4, 0.5) is 0 Å². The monoisotopic (exact) mass is 422 g/mol. The standard InChI is InChI=1S/C20H26N2O2S3/c1-22(17-6-4-3-5-7-17)27(23,24)19-12-13-20(21-14-19)26-15-16-8-10-18(25-2)11-9-16/h8-14,17H,3-7,15H2,1-2H3. The molecule has 1 aliphatic rings. The Kier molecular flexibility index (Phi) is 7.25. The highest BCUT2D eigenvalue weighted by atomic mass is 32.2. The molecule has 0 atom stereocenters. The molecule has 0 radical (unpaired) electrons. The summed E-state index contributed by atoms with van der Waals surface area (Å²) in [7, 11) is -1.77. The van der Waals surface area contributed by atoms with E-state index in [0.29, 0.717) is 0 Å². The third kappa shape index (κ3) is 5.28. The highest BCUT2D eigenvalue weighted by molar-refractivity contribution is 7.98. The van der Waals surface area contributed by atoms with Gasteiger partial charge in [0.05, 0.1) is 5.03 Å². The zero-order chi connectivity index (χ0) is 19.3. The Labute approximate surface area is 171 Å². The summed E-state index contributed by atoms with van der Waals surface area (Å²) in [5.74, 6) is 0.815. The van der Waals surface area contributed by atoms with Gasteiger partial charge >= 0.3 is 0 Å². The second-order valence-corrected chi connectivity index (χ2v) is 10.7. The molecular weight excluding hydrogens is 396 g/mol. The van der Waals surface area contributed by atoms with Gasteiger partial charge in [0.1, 0.15) is 4.90 Å². The quantitative estimate of drug-likeness (QED) is 0.585. The lowest BCUT2D eigenvalue weighted by Crippen LogP contribution is -2.38. The van der Waals surface area contributed by atoms with Crippen LogP contribution in [0.15, 0.2) is 57.4 Å². The predicted molar refractivity (Wildman–Crippen MR) is 114 cm³/mol. The first-order valence-electron chi connectivity index (χ1n) is 9.20. The molecule has 0 saturated heterocycles. The van der Waals surface area contributed by atoms with Crippen molar-refractivity contribution in [1.82, 2.24) is 9.29 Å². The van der Waals surface area contributed by atoms with E-state index in [9.17, 15) is 8.42 Å². The van der Waals surface area contributed by atoms with Gasteiger partial charge < -0.3 is 0 Å². The van der Waals surface area contributed by atoms with Gasteiger partial charge in [0.15, 0.2) is 0 Å². The Morgan fingerprint density at radius 1 is 1.07 bits per heavy atom. The first kappa shape index (κ1) is 20.7. The summed E-state index contributed by atoms with van der Waals surface area (Å²) in [4.78, 5) is 5.90. The molecule has 0 N–H and O–H groups in total. The summed E-state index contributed by atoms with van der Waals surface area (Å²) < 4.78 is 27.3. The molecule has 1 fully saturated rings. The van der Waals surface area contributed by atoms with Gasteiger partial charge in [-0.05, 0) is 48.9 Å². The van der Waals surface area contributed by atoms with Gasteiger partial charge in [-0.25, -0.2) is 13.4 Å². The molecule has 2 aromatic rings. The number of benzene rings is 1. The van der Waals surface area contributed by atoms with Gasteiger partial charge in [0.25, 0.3) is 0 Å². The molecule has 0 bridgehead atoms. The van der Waals surface area contributed by atoms with Crippen LogP contribution in [-0.4, -0.2) is 37.1 Å². The average Bonchev–Trinajstić information content (AvgIpc) is 2.73. The Morgan fingerprint density at radius 2 is 1.78 bits per heavy atom. The molecule has 27 heavy (non-hydrogen) atoms. The van der Waals surface area contributed by atoms with Crippen LogP contribution in [0.1, 0.15) is 37.7 Å². The minimum Gasteiger partial charge on any atom is -0.249 e. The number of nitrogens with zero attached hydrogens (tertiary/aromatic N) is 2. The maximum atomic E-state index is 12.9. The van der Waals surface area contributed by atoms with E-state index in [2.05, 4.69) is 35.5 Å². The van der Waals surface area contributed by atoms with Gasteiger partial charge in [0.2, 0.25) is 10.0 Å². The van der Waals surface area contributed by atoms with E-state index in [1.165, 1.54) is 23.1 Å². The predicted octanol–water partition coefficient (Wildman–Crippen LogP) is 5.05. The lowest BCUT2D eigenvalue weighted by atomic mass is 9.96. The van der Waals surface area contributed by atoms with Crippen molar-refractivity contribution < 1.29 is 8.42 Å². The zero-order valence-electron chi connectivity index (χ0n) is 15.8. The fourth-order valence-corrected chi connectivity index (χ4v) is 5.86. The van der Waals surface area contributed by atoms with Gasteiger partial charge in [0, 0.05) is 29.9 Å². The van der Waals surface area contributed by atoms with E-state index in [4.69, 9.17) is 0 Å². The molecule has 1 aromatic carbocycles. The molecule has 1 aliphatic carbocycles. The van der Waals surface area contributed by atoms with Gasteiger partial charge in [-0.2, -0.15) is 4.31 Å². The molecular formula is C20H26N2O2S3. The van der Waals surface area contributed by atoms with Crippen molar-refractivity contribution in [2.75, 3.05) is 13.3 Å². The smallest absolute Gasteiger partial charge is 0.244 e. The fourth-order valence-electron chi connectivity index (χ4n) is 3.29. The zero-order valence-corrected chi connectivity index (χ0v) is 18.2. The van der Waals surface area contributed by atoms with Gasteiger partial charge in [-0.1, -0.05) is 31.4 Å². The minimum atomic E-state index is -3.47. The minimum absolute atomic E-state index is 0.113. The second kappa shape index (κ2) is 9.45. The van der Waals surface area contributed by atoms with E-state index >= 15 is 0 Å². The fraction of sp³-hybridized carbons (Fsp3) is 0.450. The Balaban J connectivity index is 1.63. The average molecular weight is 423 g/mol. The molecule has 4 nitrogen and oxygen atoms in total. The number of thioether (sulfide) groups is 2. The van der Waals surface area contributed by atoms with Crippen LogP contribution < -0.4 is 0 Å². The molecule has 1 heterocycles. The first-order chi connectivity index (χ1) is 13.0. The van der Waals surface area contributed by atoms with E-state index in [1.54, 1.807) is 40.9 Å². The van der Waals surface area contributed by atoms with Crippen molar-refractivity contribution in [3.63, 3.8) is 0 Å². The summed E-state index contributed by atoms with van der Waals surface area (Å²) in [6, 6.07) is 12.1. The van der Waals surface area contributed by atoms with Crippen molar-refractivity contribution in [3.05, 3.63) is 48.2 Å². The topological polar surface area (TPSA) is 50.3 Å². The molecule has 3 rings (SSSR count). The van der Waals surface area contributed by atoms with E-state index in [1.807, 2.05) is 6.07 Å². The van der Waals surface area contributed by atoms with E-state index in [0.717, 1.165) is 36.5 Å². The number of pyridine rings is 1. The van der Waals surface area contributed by atoms with Crippen molar-refractivity contribution >= 4 is 33.5 Å². The van der Waals surface area contributed by atoms with Crippen LogP contribution in [-0.2, 0) is 15.8 Å². The molecule has 1 saturated carbocycles. The van der Waals surface area contributed by atoms with Crippen LogP contribution in [0.5, 0.6) is 0 Å². The highest BCUT2D eigenvalue weighted by Crippen LogP contribution is 2.28. The summed E-state index contributed by atoms with van der Waals surface area (Å²) in [6.45, 7) is 0. The Hall–Kier alpha value is -1.02. The molecule has 0 aliphatic heterocycles. The summed E-state index contributed by atoms with van der Waals surface area (Å²) in [5.41, 5.74) is 1.23. The van der Waals surface area contributed by atoms with Crippen LogP contribution in [0.25, 0.3) is 0 Å². The van der Waals surface area contributed by atoms with Crippen molar-refractivity contribution in [3.8, 4) is 0 Å². The van der Waals surface area contributed by atoms with Crippen molar-refractivity contribution in [1.29, 1.82) is 0 Å². The Morgan fingerprint density at radius 3 is 2.37 bits per heavy atom. The summed E-state index contributed by atoms with van der Waals surface area (Å²) in [6.07, 6.45) is 8.88. The van der Waals surface area contributed by atoms with E-state index < -0.39 is 10.0 Å². The number of aromatic nitrogens is 1. The SMILES string of the molecule is CSc1ccc(CSc2ccc(S(=O)(=O)N(C)C3CCCCC3)cn2)cc1. The number of hydrogen-bond donors (Lipinski definition) is 0. The van der Waals surface area contributed by atoms with Crippen LogP contribution >= 0.6 is 23.5 Å². The normalized spacial score (nSPS) is 16.0. The maximum absolute atomic E-state index is 12.9. The molecule has 0 spiro atoms. The molecule has 0 amide bonds. The lowest BCUT2D eigenvalue weighted by Gasteiger charge is -2.30. The van der Waals surface area contributed by atoms with Crippen molar-refractivity contribution in [2.45, 2.75) is 58.7 Å². The third-order valence-corrected chi connectivity index (χ3v) is 8.67. The molecule has 146 valence electrons. The summed E-state index contributed by atoms with van der Waals surface area (Å²) >= 11 is 3.34. The summed E-state index contributed by atoms with van der Waals surface area (Å²) in [5, 5.41) is 0.836. The van der Waals surface area contributed by atoms with Crippen LogP contribution in [0.2, 0.25) is 0 Å². The lowest BCUT2D eigenvalue weighted by molar-refractivity contribution is 0.285. The molecule has 7 heteroatoms. The van der Waals surface area contributed by atoms with E-state index in [-0.39, 0.29) is 10.9 Å². The first-order valence-corrected chi connectivity index (χ1v) is 12.9. The van der Waals surface area contributed by atoms with Crippen LogP contribution in [0, 0.1) is 0 Å². The molecule has 1 aromatic heterocycles. The van der Waals surface area contributed by atoms with Gasteiger partial charge in [-0.3, -0.25) is 0 Å². The highest BCUT2D eigenvalue weighted by Gasteiger charge is 2.29. The van der Waals surface area contributed by atoms with Gasteiger partial charge in [-0.15, -0.1) is 23.5 Å². The van der Waals surface area contributed by atoms with Crippen molar-refractivity contribution in [2.24, 2.45) is 0 Å². The number of hydrogen-bond acceptors (Lipinski definition) is 5. The maximum Gasteiger partial charge on any atom is 0.244 e. The molecule has 0 unspecified atom stereocenters. The van der Waals surface area contributed by atoms with Crippen LogP contribution in [0.3, 0.4) is 0 Å². The Bertz CT molecular complexity index is 831. The third-order valence-electron chi connectivity index (χ3n) is 5.02. The largest absolute Gasteiger partial charge is 0.249 e. The second-order valence-electron chi connectivity index (χ2n) is 6.78. The number of sulfonamides is 1. The number of rotatable bonds is 7.